The van der Waals surface area contributed by atoms with Gasteiger partial charge in [-0.25, -0.2) is 0 Å². The lowest BCUT2D eigenvalue weighted by Gasteiger charge is -2.11. The first-order valence-corrected chi connectivity index (χ1v) is 7.50. The number of nitro benzene ring substituents is 1. The minimum Gasteiger partial charge on any atom is -0.493 e. The third kappa shape index (κ3) is 6.11. The maximum absolute atomic E-state index is 11.3. The van der Waals surface area contributed by atoms with E-state index in [1.807, 2.05) is 0 Å². The van der Waals surface area contributed by atoms with Crippen LogP contribution in [0, 0.1) is 10.1 Å². The van der Waals surface area contributed by atoms with Crippen molar-refractivity contribution in [2.75, 3.05) is 26.9 Å². The molecule has 0 fully saturated rings. The zero-order valence-corrected chi connectivity index (χ0v) is 13.4. The van der Waals surface area contributed by atoms with E-state index in [2.05, 4.69) is 17.5 Å². The minimum absolute atomic E-state index is 0.0503. The molecular formula is C15H23N3O5. The summed E-state index contributed by atoms with van der Waals surface area (Å²) in [5.74, 6) is 0.424. The zero-order chi connectivity index (χ0) is 17.1. The van der Waals surface area contributed by atoms with Gasteiger partial charge in [0.15, 0.2) is 5.75 Å². The van der Waals surface area contributed by atoms with Crippen LogP contribution in [-0.2, 0) is 0 Å². The number of benzene rings is 1. The van der Waals surface area contributed by atoms with Crippen molar-refractivity contribution in [1.82, 2.24) is 5.43 Å². The molecule has 0 saturated heterocycles. The van der Waals surface area contributed by atoms with Gasteiger partial charge in [-0.3, -0.25) is 10.1 Å². The van der Waals surface area contributed by atoms with Crippen molar-refractivity contribution in [3.8, 4) is 11.5 Å². The van der Waals surface area contributed by atoms with Gasteiger partial charge in [-0.2, -0.15) is 5.10 Å². The lowest BCUT2D eigenvalue weighted by Crippen LogP contribution is -2.11. The highest BCUT2D eigenvalue weighted by molar-refractivity contribution is 5.83. The first kappa shape index (κ1) is 18.7. The van der Waals surface area contributed by atoms with Crippen molar-refractivity contribution in [2.24, 2.45) is 5.10 Å². The third-order valence-electron chi connectivity index (χ3n) is 3.00. The Kier molecular flexibility index (Phi) is 8.45. The molecule has 0 radical (unpaired) electrons. The van der Waals surface area contributed by atoms with Gasteiger partial charge in [-0.05, 0) is 12.5 Å². The van der Waals surface area contributed by atoms with Crippen molar-refractivity contribution >= 4 is 11.9 Å². The molecule has 0 heterocycles. The summed E-state index contributed by atoms with van der Waals surface area (Å²) in [5, 5.41) is 23.8. The molecular weight excluding hydrogens is 302 g/mol. The Labute approximate surface area is 135 Å². The van der Waals surface area contributed by atoms with Gasteiger partial charge in [0.05, 0.1) is 38.0 Å². The second-order valence-electron chi connectivity index (χ2n) is 4.77. The van der Waals surface area contributed by atoms with E-state index in [-0.39, 0.29) is 18.0 Å². The van der Waals surface area contributed by atoms with Crippen LogP contribution in [0.25, 0.3) is 0 Å². The second kappa shape index (κ2) is 10.4. The van der Waals surface area contributed by atoms with Crippen LogP contribution in [0.3, 0.4) is 0 Å². The highest BCUT2D eigenvalue weighted by atomic mass is 16.6. The van der Waals surface area contributed by atoms with E-state index < -0.39 is 4.92 Å². The normalized spacial score (nSPS) is 10.7. The zero-order valence-electron chi connectivity index (χ0n) is 13.4. The van der Waals surface area contributed by atoms with E-state index in [1.165, 1.54) is 19.4 Å². The molecule has 8 heteroatoms. The molecule has 0 aliphatic carbocycles. The second-order valence-corrected chi connectivity index (χ2v) is 4.77. The van der Waals surface area contributed by atoms with Gasteiger partial charge >= 0.3 is 5.69 Å². The molecule has 0 aliphatic heterocycles. The van der Waals surface area contributed by atoms with Gasteiger partial charge in [0.2, 0.25) is 5.75 Å². The number of hydrazone groups is 1. The van der Waals surface area contributed by atoms with Crippen molar-refractivity contribution < 1.29 is 19.5 Å². The monoisotopic (exact) mass is 325 g/mol. The predicted octanol–water partition coefficient (Wildman–Crippen LogP) is 2.09. The lowest BCUT2D eigenvalue weighted by atomic mass is 10.2. The van der Waals surface area contributed by atoms with Gasteiger partial charge in [0.25, 0.3) is 0 Å². The van der Waals surface area contributed by atoms with Gasteiger partial charge in [0.1, 0.15) is 0 Å². The number of nitrogens with one attached hydrogen (secondary N) is 1. The number of aliphatic hydroxyl groups excluding tert-OH is 1. The van der Waals surface area contributed by atoms with Crippen LogP contribution in [0.15, 0.2) is 17.2 Å². The van der Waals surface area contributed by atoms with Crippen LogP contribution in [-0.4, -0.2) is 43.1 Å². The molecule has 0 unspecified atom stereocenters. The van der Waals surface area contributed by atoms with E-state index in [0.29, 0.717) is 24.5 Å². The minimum atomic E-state index is -0.504. The fourth-order valence-electron chi connectivity index (χ4n) is 1.88. The van der Waals surface area contributed by atoms with E-state index in [4.69, 9.17) is 14.6 Å². The average molecular weight is 325 g/mol. The van der Waals surface area contributed by atoms with Crippen LogP contribution < -0.4 is 14.9 Å². The summed E-state index contributed by atoms with van der Waals surface area (Å²) in [7, 11) is 1.43. The summed E-state index contributed by atoms with van der Waals surface area (Å²) in [6, 6.07) is 2.99. The molecule has 128 valence electrons. The molecule has 0 bridgehead atoms. The van der Waals surface area contributed by atoms with Crippen LogP contribution in [0.1, 0.15) is 31.7 Å². The summed E-state index contributed by atoms with van der Waals surface area (Å²) in [6.45, 7) is 2.72. The fourth-order valence-corrected chi connectivity index (χ4v) is 1.88. The Hall–Kier alpha value is -2.35. The fraction of sp³-hybridized carbons (Fsp3) is 0.533. The number of aliphatic hydroxyl groups is 1. The molecule has 23 heavy (non-hydrogen) atoms. The first-order valence-electron chi connectivity index (χ1n) is 7.50. The molecule has 8 nitrogen and oxygen atoms in total. The van der Waals surface area contributed by atoms with Crippen LogP contribution in [0.2, 0.25) is 0 Å². The summed E-state index contributed by atoms with van der Waals surface area (Å²) in [6.07, 6.45) is 4.29. The van der Waals surface area contributed by atoms with Crippen LogP contribution in [0.4, 0.5) is 5.69 Å². The maximum atomic E-state index is 11.3. The summed E-state index contributed by atoms with van der Waals surface area (Å²) in [4.78, 5) is 10.8. The van der Waals surface area contributed by atoms with Crippen molar-refractivity contribution in [3.63, 3.8) is 0 Å². The molecule has 2 N–H and O–H groups in total. The number of rotatable bonds is 11. The number of nitro groups is 1. The largest absolute Gasteiger partial charge is 0.493 e. The molecule has 0 saturated carbocycles. The Morgan fingerprint density at radius 1 is 1.43 bits per heavy atom. The van der Waals surface area contributed by atoms with Crippen molar-refractivity contribution in [2.45, 2.75) is 26.2 Å². The summed E-state index contributed by atoms with van der Waals surface area (Å²) in [5.41, 5.74) is 2.95. The van der Waals surface area contributed by atoms with E-state index in [9.17, 15) is 10.1 Å². The van der Waals surface area contributed by atoms with Gasteiger partial charge in [0, 0.05) is 11.6 Å². The number of ether oxygens (including phenoxy) is 2. The SMILES string of the molecule is CCCCCOc1c(OC)cc(C=NNCCO)cc1[N+](=O)[O-]. The molecule has 1 rings (SSSR count). The molecule has 1 aromatic rings. The van der Waals surface area contributed by atoms with Crippen LogP contribution in [0.5, 0.6) is 11.5 Å². The lowest BCUT2D eigenvalue weighted by molar-refractivity contribution is -0.386. The Balaban J connectivity index is 2.99. The number of hydrogen-bond donors (Lipinski definition) is 2. The highest BCUT2D eigenvalue weighted by Crippen LogP contribution is 2.38. The number of methoxy groups -OCH3 is 1. The number of unbranched alkanes of at least 4 members (excludes halogenated alkanes) is 2. The molecule has 0 aliphatic rings. The Bertz CT molecular complexity index is 534. The maximum Gasteiger partial charge on any atom is 0.315 e. The van der Waals surface area contributed by atoms with E-state index in [1.54, 1.807) is 6.07 Å². The topological polar surface area (TPSA) is 106 Å². The molecule has 0 atom stereocenters. The summed E-state index contributed by atoms with van der Waals surface area (Å²) >= 11 is 0. The van der Waals surface area contributed by atoms with Gasteiger partial charge in [-0.1, -0.05) is 19.8 Å². The van der Waals surface area contributed by atoms with Crippen molar-refractivity contribution in [1.29, 1.82) is 0 Å². The van der Waals surface area contributed by atoms with Gasteiger partial charge in [-0.15, -0.1) is 0 Å². The molecule has 0 amide bonds. The number of hydrogen-bond acceptors (Lipinski definition) is 7. The van der Waals surface area contributed by atoms with Crippen molar-refractivity contribution in [3.05, 3.63) is 27.8 Å². The van der Waals surface area contributed by atoms with E-state index >= 15 is 0 Å². The molecule has 0 aromatic heterocycles. The first-order chi connectivity index (χ1) is 11.1. The summed E-state index contributed by atoms with van der Waals surface area (Å²) < 4.78 is 10.8. The molecule has 1 aromatic carbocycles. The van der Waals surface area contributed by atoms with Gasteiger partial charge < -0.3 is 20.0 Å². The Morgan fingerprint density at radius 2 is 2.22 bits per heavy atom. The average Bonchev–Trinajstić information content (AvgIpc) is 2.55. The smallest absolute Gasteiger partial charge is 0.315 e. The predicted molar refractivity (Wildman–Crippen MR) is 87.4 cm³/mol. The quantitative estimate of drug-likeness (QED) is 0.279. The Morgan fingerprint density at radius 3 is 2.83 bits per heavy atom. The molecule has 0 spiro atoms. The number of nitrogens with zero attached hydrogens (tertiary/aromatic N) is 2. The van der Waals surface area contributed by atoms with Crippen LogP contribution >= 0.6 is 0 Å². The standard InChI is InChI=1S/C15H23N3O5/c1-3-4-5-8-23-15-13(18(20)21)9-12(10-14(15)22-2)11-17-16-6-7-19/h9-11,16,19H,3-8H2,1-2H3. The third-order valence-corrected chi connectivity index (χ3v) is 3.00. The van der Waals surface area contributed by atoms with E-state index in [0.717, 1.165) is 19.3 Å². The highest BCUT2D eigenvalue weighted by Gasteiger charge is 2.22.